The molecular formula is C26H31NO3. The number of ether oxygens (including phenoxy) is 2. The topological polar surface area (TPSA) is 47.6 Å². The molecule has 5 rings (SSSR count). The predicted octanol–water partition coefficient (Wildman–Crippen LogP) is 6.17. The molecule has 2 saturated carbocycles. The number of hydrogen-bond acceptors (Lipinski definition) is 3. The number of nitrogens with one attached hydrogen (secondary N) is 1. The summed E-state index contributed by atoms with van der Waals surface area (Å²) >= 11 is 0. The van der Waals surface area contributed by atoms with E-state index in [1.54, 1.807) is 7.11 Å². The van der Waals surface area contributed by atoms with Crippen LogP contribution in [0, 0.1) is 17.3 Å². The lowest BCUT2D eigenvalue weighted by Crippen LogP contribution is -2.45. The van der Waals surface area contributed by atoms with Gasteiger partial charge in [-0.3, -0.25) is 5.32 Å². The van der Waals surface area contributed by atoms with Crippen LogP contribution in [-0.2, 0) is 11.2 Å². The van der Waals surface area contributed by atoms with E-state index in [9.17, 15) is 4.79 Å². The van der Waals surface area contributed by atoms with Crippen molar-refractivity contribution in [2.45, 2.75) is 57.5 Å². The molecule has 0 aromatic heterocycles. The zero-order chi connectivity index (χ0) is 20.7. The zero-order valence-corrected chi connectivity index (χ0v) is 17.9. The zero-order valence-electron chi connectivity index (χ0n) is 17.9. The highest BCUT2D eigenvalue weighted by Gasteiger charge is 2.56. The van der Waals surface area contributed by atoms with Crippen molar-refractivity contribution in [3.05, 3.63) is 59.7 Å². The van der Waals surface area contributed by atoms with Gasteiger partial charge in [0.25, 0.3) is 0 Å². The number of rotatable bonds is 3. The van der Waals surface area contributed by atoms with Crippen LogP contribution in [0.15, 0.2) is 48.5 Å². The van der Waals surface area contributed by atoms with Gasteiger partial charge in [-0.1, -0.05) is 31.2 Å². The molecule has 4 heteroatoms. The van der Waals surface area contributed by atoms with Crippen LogP contribution < -0.4 is 10.1 Å². The second-order valence-corrected chi connectivity index (χ2v) is 9.49. The normalized spacial score (nSPS) is 31.8. The predicted molar refractivity (Wildman–Crippen MR) is 118 cm³/mol. The van der Waals surface area contributed by atoms with E-state index >= 15 is 0 Å². The van der Waals surface area contributed by atoms with Gasteiger partial charge in [0, 0.05) is 11.1 Å². The highest BCUT2D eigenvalue weighted by Crippen LogP contribution is 2.61. The highest BCUT2D eigenvalue weighted by molar-refractivity contribution is 5.84. The van der Waals surface area contributed by atoms with Crippen molar-refractivity contribution in [2.24, 2.45) is 17.3 Å². The summed E-state index contributed by atoms with van der Waals surface area (Å²) in [6, 6.07) is 16.2. The molecule has 2 fully saturated rings. The van der Waals surface area contributed by atoms with Gasteiger partial charge in [-0.2, -0.15) is 0 Å². The number of benzene rings is 2. The largest absolute Gasteiger partial charge is 0.497 e. The Morgan fingerprint density at radius 3 is 2.70 bits per heavy atom. The Balaban J connectivity index is 1.31. The fourth-order valence-corrected chi connectivity index (χ4v) is 6.63. The summed E-state index contributed by atoms with van der Waals surface area (Å²) in [5, 5.41) is 2.89. The van der Waals surface area contributed by atoms with Crippen molar-refractivity contribution in [1.29, 1.82) is 0 Å². The minimum Gasteiger partial charge on any atom is -0.497 e. The first kappa shape index (κ1) is 19.5. The van der Waals surface area contributed by atoms with E-state index in [1.807, 2.05) is 30.3 Å². The molecule has 0 aliphatic heterocycles. The number of fused-ring (bicyclic) bond motifs is 5. The summed E-state index contributed by atoms with van der Waals surface area (Å²) in [5.41, 5.74) is 3.86. The number of amides is 1. The van der Waals surface area contributed by atoms with E-state index in [0.29, 0.717) is 17.8 Å². The first-order chi connectivity index (χ1) is 14.6. The van der Waals surface area contributed by atoms with E-state index < -0.39 is 0 Å². The summed E-state index contributed by atoms with van der Waals surface area (Å²) in [7, 11) is 1.74. The van der Waals surface area contributed by atoms with Gasteiger partial charge in [0.1, 0.15) is 11.9 Å². The van der Waals surface area contributed by atoms with Gasteiger partial charge in [0.2, 0.25) is 0 Å². The molecule has 2 aromatic carbocycles. The molecule has 0 spiro atoms. The maximum Gasteiger partial charge on any atom is 0.411 e. The molecule has 3 aliphatic carbocycles. The Bertz CT molecular complexity index is 927. The van der Waals surface area contributed by atoms with Gasteiger partial charge in [-0.05, 0) is 91.7 Å². The molecule has 0 radical (unpaired) electrons. The summed E-state index contributed by atoms with van der Waals surface area (Å²) in [6.45, 7) is 2.37. The van der Waals surface area contributed by atoms with Gasteiger partial charge in [0.05, 0.1) is 7.11 Å². The molecule has 30 heavy (non-hydrogen) atoms. The summed E-state index contributed by atoms with van der Waals surface area (Å²) in [4.78, 5) is 12.5. The SMILES string of the molecule is COc1ccc2c(c1)CCC1C2CC[C@@]2(C)C1CC[C@@H]2OC(=O)Nc1ccccc1. The molecule has 0 heterocycles. The lowest BCUT2D eigenvalue weighted by molar-refractivity contribution is -0.0278. The second kappa shape index (κ2) is 7.64. The van der Waals surface area contributed by atoms with Crippen molar-refractivity contribution in [3.63, 3.8) is 0 Å². The summed E-state index contributed by atoms with van der Waals surface area (Å²) < 4.78 is 11.4. The molecule has 3 aliphatic rings. The third kappa shape index (κ3) is 3.27. The molecule has 0 saturated heterocycles. The molecule has 0 bridgehead atoms. The smallest absolute Gasteiger partial charge is 0.411 e. The van der Waals surface area contributed by atoms with Crippen LogP contribution in [0.25, 0.3) is 0 Å². The fraction of sp³-hybridized carbons (Fsp3) is 0.500. The van der Waals surface area contributed by atoms with Crippen molar-refractivity contribution in [2.75, 3.05) is 12.4 Å². The Morgan fingerprint density at radius 2 is 1.90 bits per heavy atom. The number of carbonyl (C=O) groups is 1. The first-order valence-electron chi connectivity index (χ1n) is 11.3. The van der Waals surface area contributed by atoms with Crippen molar-refractivity contribution >= 4 is 11.8 Å². The Hall–Kier alpha value is -2.49. The quantitative estimate of drug-likeness (QED) is 0.664. The molecule has 158 valence electrons. The lowest BCUT2D eigenvalue weighted by atomic mass is 9.55. The number of methoxy groups -OCH3 is 1. The van der Waals surface area contributed by atoms with E-state index in [4.69, 9.17) is 9.47 Å². The van der Waals surface area contributed by atoms with Crippen LogP contribution in [0.4, 0.5) is 10.5 Å². The Labute approximate surface area is 179 Å². The molecule has 2 aromatic rings. The van der Waals surface area contributed by atoms with Crippen LogP contribution in [0.3, 0.4) is 0 Å². The van der Waals surface area contributed by atoms with Gasteiger partial charge >= 0.3 is 6.09 Å². The van der Waals surface area contributed by atoms with E-state index in [0.717, 1.165) is 37.1 Å². The number of aryl methyl sites for hydroxylation is 1. The van der Waals surface area contributed by atoms with Gasteiger partial charge in [-0.25, -0.2) is 4.79 Å². The highest BCUT2D eigenvalue weighted by atomic mass is 16.6. The minimum atomic E-state index is -0.323. The van der Waals surface area contributed by atoms with Crippen LogP contribution in [0.1, 0.15) is 56.1 Å². The van der Waals surface area contributed by atoms with Crippen molar-refractivity contribution in [3.8, 4) is 5.75 Å². The number of para-hydroxylation sites is 1. The van der Waals surface area contributed by atoms with Crippen molar-refractivity contribution in [1.82, 2.24) is 0 Å². The van der Waals surface area contributed by atoms with E-state index in [1.165, 1.54) is 24.0 Å². The average Bonchev–Trinajstić information content (AvgIpc) is 3.10. The molecule has 1 N–H and O–H groups in total. The Kier molecular flexibility index (Phi) is 4.96. The maximum atomic E-state index is 12.5. The number of anilines is 1. The number of hydrogen-bond donors (Lipinski definition) is 1. The molecule has 1 amide bonds. The molecular weight excluding hydrogens is 374 g/mol. The van der Waals surface area contributed by atoms with Crippen LogP contribution >= 0.6 is 0 Å². The van der Waals surface area contributed by atoms with Crippen LogP contribution in [0.5, 0.6) is 5.75 Å². The molecule has 5 atom stereocenters. The average molecular weight is 406 g/mol. The van der Waals surface area contributed by atoms with Crippen LogP contribution in [0.2, 0.25) is 0 Å². The maximum absolute atomic E-state index is 12.5. The van der Waals surface area contributed by atoms with Crippen LogP contribution in [-0.4, -0.2) is 19.3 Å². The van der Waals surface area contributed by atoms with E-state index in [-0.39, 0.29) is 17.6 Å². The third-order valence-electron chi connectivity index (χ3n) is 8.12. The summed E-state index contributed by atoms with van der Waals surface area (Å²) in [5.74, 6) is 2.91. The van der Waals surface area contributed by atoms with Crippen molar-refractivity contribution < 1.29 is 14.3 Å². The monoisotopic (exact) mass is 405 g/mol. The standard InChI is InChI=1S/C26H31NO3/c1-26-15-14-21-20-11-9-19(29-2)16-17(20)8-10-22(21)23(26)12-13-24(26)30-25(28)27-18-6-4-3-5-7-18/h3-7,9,11,16,21-24H,8,10,12-15H2,1-2H3,(H,27,28)/t21?,22?,23?,24-,26-/m0/s1. The third-order valence-corrected chi connectivity index (χ3v) is 8.12. The fourth-order valence-electron chi connectivity index (χ4n) is 6.63. The number of carbonyl (C=O) groups excluding carboxylic acids is 1. The lowest BCUT2D eigenvalue weighted by Gasteiger charge is -2.50. The molecule has 4 nitrogen and oxygen atoms in total. The Morgan fingerprint density at radius 1 is 1.07 bits per heavy atom. The van der Waals surface area contributed by atoms with Gasteiger partial charge < -0.3 is 9.47 Å². The molecule has 3 unspecified atom stereocenters. The van der Waals surface area contributed by atoms with Gasteiger partial charge in [0.15, 0.2) is 0 Å². The first-order valence-corrected chi connectivity index (χ1v) is 11.3. The second-order valence-electron chi connectivity index (χ2n) is 9.49. The minimum absolute atomic E-state index is 0.00410. The summed E-state index contributed by atoms with van der Waals surface area (Å²) in [6.07, 6.45) is 6.47. The van der Waals surface area contributed by atoms with Gasteiger partial charge in [-0.15, -0.1) is 0 Å². The van der Waals surface area contributed by atoms with E-state index in [2.05, 4.69) is 30.4 Å².